The molecule has 0 aliphatic carbocycles. The number of benzene rings is 1. The summed E-state index contributed by atoms with van der Waals surface area (Å²) in [6, 6.07) is 4.81. The fraction of sp³-hybridized carbons (Fsp3) is 0.364. The summed E-state index contributed by atoms with van der Waals surface area (Å²) in [5, 5.41) is 10.4. The first-order valence-electron chi connectivity index (χ1n) is 4.95. The molecule has 0 saturated heterocycles. The summed E-state index contributed by atoms with van der Waals surface area (Å²) in [6.07, 6.45) is 0. The molecule has 6 heteroatoms. The molecule has 1 aromatic rings. The Hall–Kier alpha value is -1.56. The number of thioether (sulfide) groups is 1. The van der Waals surface area contributed by atoms with Crippen molar-refractivity contribution in [1.29, 1.82) is 0 Å². The van der Waals surface area contributed by atoms with Gasteiger partial charge < -0.3 is 4.74 Å². The molecule has 0 aliphatic rings. The topological polar surface area (TPSA) is 69.4 Å². The van der Waals surface area contributed by atoms with E-state index in [1.807, 2.05) is 6.92 Å². The number of hydrogen-bond donors (Lipinski definition) is 0. The summed E-state index contributed by atoms with van der Waals surface area (Å²) < 4.78 is 4.59. The highest BCUT2D eigenvalue weighted by Gasteiger charge is 2.21. The van der Waals surface area contributed by atoms with E-state index >= 15 is 0 Å². The van der Waals surface area contributed by atoms with Gasteiger partial charge >= 0.3 is 5.97 Å². The van der Waals surface area contributed by atoms with Crippen LogP contribution in [0.2, 0.25) is 0 Å². The van der Waals surface area contributed by atoms with E-state index in [2.05, 4.69) is 4.74 Å². The predicted molar refractivity (Wildman–Crippen MR) is 65.2 cm³/mol. The third-order valence-electron chi connectivity index (χ3n) is 2.15. The number of carbonyl (C=O) groups is 1. The Morgan fingerprint density at radius 1 is 1.53 bits per heavy atom. The summed E-state index contributed by atoms with van der Waals surface area (Å²) in [4.78, 5) is 22.1. The van der Waals surface area contributed by atoms with Crippen LogP contribution in [-0.2, 0) is 9.53 Å². The Morgan fingerprint density at radius 3 is 2.71 bits per heavy atom. The minimum atomic E-state index is -0.472. The fourth-order valence-electron chi connectivity index (χ4n) is 1.27. The smallest absolute Gasteiger partial charge is 0.318 e. The van der Waals surface area contributed by atoms with Crippen molar-refractivity contribution in [3.63, 3.8) is 0 Å². The van der Waals surface area contributed by atoms with Gasteiger partial charge in [0.1, 0.15) is 5.25 Å². The number of aryl methyl sites for hydroxylation is 1. The maximum atomic E-state index is 11.3. The van der Waals surface area contributed by atoms with Gasteiger partial charge in [-0.15, -0.1) is 11.8 Å². The van der Waals surface area contributed by atoms with Crippen LogP contribution in [0.1, 0.15) is 12.5 Å². The standard InChI is InChI=1S/C11H13NO4S/c1-7-4-5-9(12(14)15)10(6-7)17-8(2)11(13)16-3/h4-6,8H,1-3H3/t8-/m0/s1. The van der Waals surface area contributed by atoms with Crippen LogP contribution in [0, 0.1) is 17.0 Å². The number of hydrogen-bond acceptors (Lipinski definition) is 5. The number of rotatable bonds is 4. The molecule has 92 valence electrons. The lowest BCUT2D eigenvalue weighted by atomic mass is 10.2. The van der Waals surface area contributed by atoms with Crippen LogP contribution in [0.3, 0.4) is 0 Å². The molecule has 1 aromatic carbocycles. The van der Waals surface area contributed by atoms with Gasteiger partial charge in [0.05, 0.1) is 16.9 Å². The molecule has 5 nitrogen and oxygen atoms in total. The SMILES string of the molecule is COC(=O)[C@H](C)Sc1cc(C)ccc1[N+](=O)[O-]. The second-order valence-electron chi connectivity index (χ2n) is 3.51. The van der Waals surface area contributed by atoms with Crippen molar-refractivity contribution in [2.24, 2.45) is 0 Å². The average Bonchev–Trinajstić information content (AvgIpc) is 2.27. The summed E-state index contributed by atoms with van der Waals surface area (Å²) >= 11 is 1.13. The van der Waals surface area contributed by atoms with Gasteiger partial charge in [-0.25, -0.2) is 0 Å². The zero-order valence-corrected chi connectivity index (χ0v) is 10.6. The Kier molecular flexibility index (Phi) is 4.51. The van der Waals surface area contributed by atoms with E-state index in [0.29, 0.717) is 4.90 Å². The summed E-state index contributed by atoms with van der Waals surface area (Å²) in [5.41, 5.74) is 0.923. The molecule has 17 heavy (non-hydrogen) atoms. The molecule has 0 N–H and O–H groups in total. The van der Waals surface area contributed by atoms with Crippen molar-refractivity contribution >= 4 is 23.4 Å². The molecule has 0 aromatic heterocycles. The first kappa shape index (κ1) is 13.5. The molecule has 1 atom stereocenters. The van der Waals surface area contributed by atoms with E-state index in [9.17, 15) is 14.9 Å². The van der Waals surface area contributed by atoms with Gasteiger partial charge in [-0.2, -0.15) is 0 Å². The Morgan fingerprint density at radius 2 is 2.18 bits per heavy atom. The maximum Gasteiger partial charge on any atom is 0.318 e. The normalized spacial score (nSPS) is 11.9. The van der Waals surface area contributed by atoms with Gasteiger partial charge in [0.15, 0.2) is 0 Å². The number of ether oxygens (including phenoxy) is 1. The number of methoxy groups -OCH3 is 1. The van der Waals surface area contributed by atoms with Gasteiger partial charge in [-0.1, -0.05) is 6.07 Å². The van der Waals surface area contributed by atoms with Crippen molar-refractivity contribution < 1.29 is 14.5 Å². The van der Waals surface area contributed by atoms with Crippen LogP contribution in [0.5, 0.6) is 0 Å². The molecule has 0 radical (unpaired) electrons. The molecule has 0 unspecified atom stereocenters. The highest BCUT2D eigenvalue weighted by molar-refractivity contribution is 8.00. The van der Waals surface area contributed by atoms with Gasteiger partial charge in [0.25, 0.3) is 5.69 Å². The quantitative estimate of drug-likeness (QED) is 0.358. The first-order chi connectivity index (χ1) is 7.95. The summed E-state index contributed by atoms with van der Waals surface area (Å²) in [7, 11) is 1.30. The van der Waals surface area contributed by atoms with E-state index in [4.69, 9.17) is 0 Å². The van der Waals surface area contributed by atoms with Crippen LogP contribution >= 0.6 is 11.8 Å². The summed E-state index contributed by atoms with van der Waals surface area (Å²) in [6.45, 7) is 3.50. The van der Waals surface area contributed by atoms with Crippen LogP contribution in [0.4, 0.5) is 5.69 Å². The highest BCUT2D eigenvalue weighted by atomic mass is 32.2. The lowest BCUT2D eigenvalue weighted by Gasteiger charge is -2.09. The Labute approximate surface area is 103 Å². The number of carbonyl (C=O) groups excluding carboxylic acids is 1. The monoisotopic (exact) mass is 255 g/mol. The van der Waals surface area contributed by atoms with Crippen molar-refractivity contribution in [3.8, 4) is 0 Å². The lowest BCUT2D eigenvalue weighted by Crippen LogP contribution is -2.14. The number of esters is 1. The first-order valence-corrected chi connectivity index (χ1v) is 5.83. The molecular weight excluding hydrogens is 242 g/mol. The number of nitro benzene ring substituents is 1. The van der Waals surface area contributed by atoms with E-state index in [0.717, 1.165) is 17.3 Å². The highest BCUT2D eigenvalue weighted by Crippen LogP contribution is 2.33. The minimum absolute atomic E-state index is 0.0105. The molecule has 0 amide bonds. The van der Waals surface area contributed by atoms with Gasteiger partial charge in [0.2, 0.25) is 0 Å². The Bertz CT molecular complexity index is 447. The van der Waals surface area contributed by atoms with Crippen molar-refractivity contribution in [3.05, 3.63) is 33.9 Å². The largest absolute Gasteiger partial charge is 0.468 e. The molecule has 0 bridgehead atoms. The second-order valence-corrected chi connectivity index (χ2v) is 4.89. The number of nitrogens with zero attached hydrogens (tertiary/aromatic N) is 1. The van der Waals surface area contributed by atoms with Gasteiger partial charge in [0, 0.05) is 6.07 Å². The second kappa shape index (κ2) is 5.67. The third-order valence-corrected chi connectivity index (χ3v) is 3.28. The predicted octanol–water partition coefficient (Wildman–Crippen LogP) is 2.56. The third kappa shape index (κ3) is 3.45. The van der Waals surface area contributed by atoms with E-state index in [1.54, 1.807) is 19.1 Å². The van der Waals surface area contributed by atoms with Crippen molar-refractivity contribution in [2.75, 3.05) is 7.11 Å². The fourth-order valence-corrected chi connectivity index (χ4v) is 2.36. The van der Waals surface area contributed by atoms with Crippen LogP contribution in [0.15, 0.2) is 23.1 Å². The zero-order valence-electron chi connectivity index (χ0n) is 9.80. The molecule has 0 spiro atoms. The summed E-state index contributed by atoms with van der Waals surface area (Å²) in [5.74, 6) is -0.397. The Balaban J connectivity index is 3.00. The molecule has 0 aliphatic heterocycles. The van der Waals surface area contributed by atoms with Crippen LogP contribution in [-0.4, -0.2) is 23.3 Å². The molecule has 0 fully saturated rings. The van der Waals surface area contributed by atoms with Crippen molar-refractivity contribution in [1.82, 2.24) is 0 Å². The lowest BCUT2D eigenvalue weighted by molar-refractivity contribution is -0.387. The number of nitro groups is 1. The molecule has 0 saturated carbocycles. The molecular formula is C11H13NO4S. The van der Waals surface area contributed by atoms with Crippen LogP contribution in [0.25, 0.3) is 0 Å². The van der Waals surface area contributed by atoms with E-state index < -0.39 is 16.1 Å². The van der Waals surface area contributed by atoms with E-state index in [-0.39, 0.29) is 5.69 Å². The molecule has 0 heterocycles. The zero-order chi connectivity index (χ0) is 13.0. The van der Waals surface area contributed by atoms with Gasteiger partial charge in [-0.05, 0) is 25.5 Å². The van der Waals surface area contributed by atoms with Gasteiger partial charge in [-0.3, -0.25) is 14.9 Å². The average molecular weight is 255 g/mol. The molecule has 1 rings (SSSR count). The van der Waals surface area contributed by atoms with Crippen LogP contribution < -0.4 is 0 Å². The van der Waals surface area contributed by atoms with Crippen molar-refractivity contribution in [2.45, 2.75) is 24.0 Å². The minimum Gasteiger partial charge on any atom is -0.468 e. The maximum absolute atomic E-state index is 11.3. The van der Waals surface area contributed by atoms with E-state index in [1.165, 1.54) is 13.2 Å².